The Labute approximate surface area is 120 Å². The van der Waals surface area contributed by atoms with Crippen molar-refractivity contribution in [3.8, 4) is 0 Å². The Morgan fingerprint density at radius 1 is 1.14 bits per heavy atom. The lowest BCUT2D eigenvalue weighted by Gasteiger charge is -2.29. The number of nitrogens with one attached hydrogen (secondary N) is 2. The predicted molar refractivity (Wildman–Crippen MR) is 73.8 cm³/mol. The Morgan fingerprint density at radius 2 is 1.76 bits per heavy atom. The van der Waals surface area contributed by atoms with E-state index in [4.69, 9.17) is 5.73 Å². The molecule has 1 aromatic rings. The minimum atomic E-state index is -4.38. The summed E-state index contributed by atoms with van der Waals surface area (Å²) in [6.07, 6.45) is -0.624. The Morgan fingerprint density at radius 3 is 2.33 bits per heavy atom. The van der Waals surface area contributed by atoms with Crippen LogP contribution in [0.4, 0.5) is 23.7 Å². The maximum atomic E-state index is 12.4. The van der Waals surface area contributed by atoms with Crippen molar-refractivity contribution in [1.82, 2.24) is 5.32 Å². The molecule has 1 saturated carbocycles. The van der Waals surface area contributed by atoms with E-state index in [9.17, 15) is 18.0 Å². The largest absolute Gasteiger partial charge is 0.416 e. The molecule has 1 fully saturated rings. The number of amides is 2. The summed E-state index contributed by atoms with van der Waals surface area (Å²) in [4.78, 5) is 11.8. The fourth-order valence-electron chi connectivity index (χ4n) is 2.42. The Balaban J connectivity index is 1.90. The van der Waals surface area contributed by atoms with Crippen molar-refractivity contribution in [2.45, 2.75) is 43.9 Å². The normalized spacial score (nSPS) is 22.7. The summed E-state index contributed by atoms with van der Waals surface area (Å²) in [6.45, 7) is 0. The van der Waals surface area contributed by atoms with Gasteiger partial charge in [0, 0.05) is 17.8 Å². The van der Waals surface area contributed by atoms with Crippen LogP contribution in [0, 0.1) is 0 Å². The van der Waals surface area contributed by atoms with Crippen LogP contribution in [0.15, 0.2) is 24.3 Å². The predicted octanol–water partition coefficient (Wildman–Crippen LogP) is 3.10. The van der Waals surface area contributed by atoms with Gasteiger partial charge >= 0.3 is 12.2 Å². The summed E-state index contributed by atoms with van der Waals surface area (Å²) >= 11 is 0. The Hall–Kier alpha value is -1.76. The fourth-order valence-corrected chi connectivity index (χ4v) is 2.42. The molecule has 116 valence electrons. The highest BCUT2D eigenvalue weighted by atomic mass is 19.4. The lowest BCUT2D eigenvalue weighted by molar-refractivity contribution is -0.137. The van der Waals surface area contributed by atoms with Gasteiger partial charge < -0.3 is 16.4 Å². The monoisotopic (exact) mass is 301 g/mol. The third-order valence-electron chi connectivity index (χ3n) is 3.61. The standard InChI is InChI=1S/C14H18F3N3O/c15-14(16,17)9-5-7-10(8-6-9)19-13(21)20-12-4-2-1-3-11(12)18/h5-8,11-12H,1-4,18H2,(H2,19,20,21)/t11-,12-/m1/s1. The second-order valence-electron chi connectivity index (χ2n) is 5.23. The van der Waals surface area contributed by atoms with Crippen molar-refractivity contribution in [1.29, 1.82) is 0 Å². The van der Waals surface area contributed by atoms with Gasteiger partial charge in [0.15, 0.2) is 0 Å². The van der Waals surface area contributed by atoms with E-state index >= 15 is 0 Å². The number of urea groups is 1. The summed E-state index contributed by atoms with van der Waals surface area (Å²) in [6, 6.07) is 3.71. The maximum absolute atomic E-state index is 12.4. The maximum Gasteiger partial charge on any atom is 0.416 e. The van der Waals surface area contributed by atoms with Crippen molar-refractivity contribution < 1.29 is 18.0 Å². The first-order valence-electron chi connectivity index (χ1n) is 6.86. The van der Waals surface area contributed by atoms with Crippen molar-refractivity contribution in [3.05, 3.63) is 29.8 Å². The highest BCUT2D eigenvalue weighted by Crippen LogP contribution is 2.29. The molecule has 4 N–H and O–H groups in total. The second kappa shape index (κ2) is 6.34. The molecule has 0 radical (unpaired) electrons. The molecule has 2 rings (SSSR count). The van der Waals surface area contributed by atoms with Crippen LogP contribution in [0.2, 0.25) is 0 Å². The fraction of sp³-hybridized carbons (Fsp3) is 0.500. The molecule has 0 aliphatic heterocycles. The number of alkyl halides is 3. The van der Waals surface area contributed by atoms with Crippen molar-refractivity contribution in [3.63, 3.8) is 0 Å². The van der Waals surface area contributed by atoms with Crippen LogP contribution in [-0.2, 0) is 6.18 Å². The third-order valence-corrected chi connectivity index (χ3v) is 3.61. The molecule has 2 atom stereocenters. The first-order chi connectivity index (χ1) is 9.86. The molecule has 0 saturated heterocycles. The van der Waals surface area contributed by atoms with Crippen LogP contribution in [0.25, 0.3) is 0 Å². The molecule has 0 aromatic heterocycles. The molecule has 1 aliphatic carbocycles. The Kier molecular flexibility index (Phi) is 4.72. The first-order valence-corrected chi connectivity index (χ1v) is 6.86. The van der Waals surface area contributed by atoms with Gasteiger partial charge in [0.05, 0.1) is 5.56 Å². The SMILES string of the molecule is N[C@@H]1CCCC[C@H]1NC(=O)Nc1ccc(C(F)(F)F)cc1. The molecule has 7 heteroatoms. The number of carbonyl (C=O) groups is 1. The number of rotatable bonds is 2. The molecule has 4 nitrogen and oxygen atoms in total. The van der Waals surface area contributed by atoms with E-state index in [1.807, 2.05) is 0 Å². The van der Waals surface area contributed by atoms with Gasteiger partial charge in [-0.1, -0.05) is 12.8 Å². The molecule has 1 aliphatic rings. The number of carbonyl (C=O) groups excluding carboxylic acids is 1. The highest BCUT2D eigenvalue weighted by Gasteiger charge is 2.30. The van der Waals surface area contributed by atoms with Crippen molar-refractivity contribution in [2.75, 3.05) is 5.32 Å². The van der Waals surface area contributed by atoms with Crippen LogP contribution < -0.4 is 16.4 Å². The number of halogens is 3. The molecule has 0 bridgehead atoms. The number of anilines is 1. The average molecular weight is 301 g/mol. The van der Waals surface area contributed by atoms with Gasteiger partial charge in [-0.3, -0.25) is 0 Å². The van der Waals surface area contributed by atoms with Crippen LogP contribution in [-0.4, -0.2) is 18.1 Å². The highest BCUT2D eigenvalue weighted by molar-refractivity contribution is 5.89. The van der Waals surface area contributed by atoms with E-state index < -0.39 is 17.8 Å². The first kappa shape index (κ1) is 15.6. The Bertz CT molecular complexity index is 487. The summed E-state index contributed by atoms with van der Waals surface area (Å²) in [5.41, 5.74) is 5.48. The van der Waals surface area contributed by atoms with Crippen molar-refractivity contribution in [2.24, 2.45) is 5.73 Å². The zero-order valence-corrected chi connectivity index (χ0v) is 11.4. The van der Waals surface area contributed by atoms with Gasteiger partial charge in [-0.25, -0.2) is 4.79 Å². The molecule has 1 aromatic carbocycles. The van der Waals surface area contributed by atoms with Gasteiger partial charge in [0.25, 0.3) is 0 Å². The minimum Gasteiger partial charge on any atom is -0.334 e. The van der Waals surface area contributed by atoms with Gasteiger partial charge in [-0.05, 0) is 37.1 Å². The van der Waals surface area contributed by atoms with Crippen LogP contribution in [0.5, 0.6) is 0 Å². The molecule has 0 unspecified atom stereocenters. The molecular weight excluding hydrogens is 283 g/mol. The quantitative estimate of drug-likeness (QED) is 0.785. The van der Waals surface area contributed by atoms with Gasteiger partial charge in [0.1, 0.15) is 0 Å². The zero-order chi connectivity index (χ0) is 15.5. The molecule has 0 heterocycles. The average Bonchev–Trinajstić information content (AvgIpc) is 2.41. The second-order valence-corrected chi connectivity index (χ2v) is 5.23. The topological polar surface area (TPSA) is 67.1 Å². The number of benzene rings is 1. The van der Waals surface area contributed by atoms with Crippen LogP contribution in [0.1, 0.15) is 31.2 Å². The van der Waals surface area contributed by atoms with E-state index in [1.54, 1.807) is 0 Å². The van der Waals surface area contributed by atoms with E-state index in [0.717, 1.165) is 37.8 Å². The summed E-state index contributed by atoms with van der Waals surface area (Å²) < 4.78 is 37.3. The van der Waals surface area contributed by atoms with E-state index in [0.29, 0.717) is 5.69 Å². The number of hydrogen-bond acceptors (Lipinski definition) is 2. The van der Waals surface area contributed by atoms with E-state index in [1.165, 1.54) is 12.1 Å². The lowest BCUT2D eigenvalue weighted by Crippen LogP contribution is -2.50. The van der Waals surface area contributed by atoms with Crippen LogP contribution >= 0.6 is 0 Å². The molecular formula is C14H18F3N3O. The summed E-state index contributed by atoms with van der Waals surface area (Å²) in [7, 11) is 0. The van der Waals surface area contributed by atoms with E-state index in [-0.39, 0.29) is 12.1 Å². The molecule has 0 spiro atoms. The lowest BCUT2D eigenvalue weighted by atomic mass is 9.91. The number of nitrogens with two attached hydrogens (primary N) is 1. The summed E-state index contributed by atoms with van der Waals surface area (Å²) in [5.74, 6) is 0. The van der Waals surface area contributed by atoms with Gasteiger partial charge in [-0.15, -0.1) is 0 Å². The van der Waals surface area contributed by atoms with Gasteiger partial charge in [0.2, 0.25) is 0 Å². The summed E-state index contributed by atoms with van der Waals surface area (Å²) in [5, 5.41) is 5.28. The van der Waals surface area contributed by atoms with E-state index in [2.05, 4.69) is 10.6 Å². The number of hydrogen-bond donors (Lipinski definition) is 3. The van der Waals surface area contributed by atoms with Crippen LogP contribution in [0.3, 0.4) is 0 Å². The third kappa shape index (κ3) is 4.35. The minimum absolute atomic E-state index is 0.0721. The smallest absolute Gasteiger partial charge is 0.334 e. The zero-order valence-electron chi connectivity index (χ0n) is 11.4. The molecule has 21 heavy (non-hydrogen) atoms. The van der Waals surface area contributed by atoms with Crippen molar-refractivity contribution >= 4 is 11.7 Å². The van der Waals surface area contributed by atoms with Gasteiger partial charge in [-0.2, -0.15) is 13.2 Å². The molecule has 2 amide bonds.